The smallest absolute Gasteiger partial charge is 0.419 e. The van der Waals surface area contributed by atoms with Gasteiger partial charge in [-0.25, -0.2) is 9.18 Å². The fourth-order valence-electron chi connectivity index (χ4n) is 4.30. The zero-order valence-electron chi connectivity index (χ0n) is 18.4. The van der Waals surface area contributed by atoms with Crippen molar-refractivity contribution in [2.75, 3.05) is 13.2 Å². The molecule has 0 aromatic heterocycles. The lowest BCUT2D eigenvalue weighted by atomic mass is 9.98. The van der Waals surface area contributed by atoms with E-state index in [1.165, 1.54) is 0 Å². The first-order valence-corrected chi connectivity index (χ1v) is 11.0. The van der Waals surface area contributed by atoms with Crippen molar-refractivity contribution >= 4 is 6.09 Å². The summed E-state index contributed by atoms with van der Waals surface area (Å²) in [5, 5.41) is 22.8. The number of amides is 1. The summed E-state index contributed by atoms with van der Waals surface area (Å²) in [5.41, 5.74) is 2.64. The van der Waals surface area contributed by atoms with Crippen LogP contribution in [0.5, 0.6) is 0 Å². The molecule has 1 aliphatic rings. The number of ether oxygens (including phenoxy) is 1. The fourth-order valence-corrected chi connectivity index (χ4v) is 4.30. The minimum atomic E-state index is -4.86. The summed E-state index contributed by atoms with van der Waals surface area (Å²) < 4.78 is 57.2. The average molecular weight is 489 g/mol. The molecule has 3 N–H and O–H groups in total. The molecule has 0 spiro atoms. The van der Waals surface area contributed by atoms with Gasteiger partial charge in [0.15, 0.2) is 0 Å². The van der Waals surface area contributed by atoms with Crippen LogP contribution in [0.2, 0.25) is 0 Å². The van der Waals surface area contributed by atoms with Crippen LogP contribution in [0, 0.1) is 5.82 Å². The van der Waals surface area contributed by atoms with E-state index in [4.69, 9.17) is 4.74 Å². The van der Waals surface area contributed by atoms with Crippen LogP contribution in [0.15, 0.2) is 66.7 Å². The number of alkyl halides is 3. The molecule has 2 unspecified atom stereocenters. The van der Waals surface area contributed by atoms with E-state index in [0.717, 1.165) is 28.3 Å². The minimum absolute atomic E-state index is 0.0714. The molecular formula is C26H23F4NO4. The van der Waals surface area contributed by atoms with E-state index in [1.54, 1.807) is 0 Å². The zero-order chi connectivity index (χ0) is 25.2. The Morgan fingerprint density at radius 2 is 1.57 bits per heavy atom. The van der Waals surface area contributed by atoms with Gasteiger partial charge in [0.1, 0.15) is 18.5 Å². The van der Waals surface area contributed by atoms with Crippen molar-refractivity contribution in [3.8, 4) is 11.1 Å². The second kappa shape index (κ2) is 10.1. The molecule has 2 atom stereocenters. The van der Waals surface area contributed by atoms with E-state index in [1.807, 2.05) is 48.5 Å². The van der Waals surface area contributed by atoms with Crippen molar-refractivity contribution < 1.29 is 37.3 Å². The van der Waals surface area contributed by atoms with Crippen LogP contribution < -0.4 is 5.32 Å². The standard InChI is InChI=1S/C26H23F4NO4/c27-22-13-15(9-10-21(22)26(28,29)30)24(33)23(32)11-12-31-25(34)35-14-20-18-7-3-1-5-16(18)17-6-2-4-8-19(17)20/h1-10,13,20,23-24,32-33H,11-12,14H2,(H,31,34). The quantitative estimate of drug-likeness (QED) is 0.401. The van der Waals surface area contributed by atoms with Gasteiger partial charge in [-0.05, 0) is 46.4 Å². The van der Waals surface area contributed by atoms with Crippen molar-refractivity contribution in [1.82, 2.24) is 5.32 Å². The summed E-state index contributed by atoms with van der Waals surface area (Å²) in [4.78, 5) is 12.2. The van der Waals surface area contributed by atoms with Gasteiger partial charge in [-0.1, -0.05) is 54.6 Å². The van der Waals surface area contributed by atoms with Crippen LogP contribution in [0.4, 0.5) is 22.4 Å². The first-order chi connectivity index (χ1) is 16.7. The summed E-state index contributed by atoms with van der Waals surface area (Å²) in [5.74, 6) is -1.66. The summed E-state index contributed by atoms with van der Waals surface area (Å²) >= 11 is 0. The van der Waals surface area contributed by atoms with E-state index in [-0.39, 0.29) is 31.1 Å². The SMILES string of the molecule is O=C(NCCC(O)C(O)c1ccc(C(F)(F)F)c(F)c1)OCC1c2ccccc2-c2ccccc21. The molecule has 5 nitrogen and oxygen atoms in total. The summed E-state index contributed by atoms with van der Waals surface area (Å²) in [6.45, 7) is 0.0356. The highest BCUT2D eigenvalue weighted by Gasteiger charge is 2.34. The van der Waals surface area contributed by atoms with Gasteiger partial charge in [0, 0.05) is 12.5 Å². The van der Waals surface area contributed by atoms with Crippen LogP contribution in [0.25, 0.3) is 11.1 Å². The zero-order valence-corrected chi connectivity index (χ0v) is 18.4. The number of hydrogen-bond donors (Lipinski definition) is 3. The van der Waals surface area contributed by atoms with Crippen molar-refractivity contribution in [1.29, 1.82) is 0 Å². The molecule has 4 rings (SSSR count). The lowest BCUT2D eigenvalue weighted by molar-refractivity contribution is -0.140. The number of aliphatic hydroxyl groups is 2. The Labute approximate surface area is 199 Å². The van der Waals surface area contributed by atoms with Gasteiger partial charge < -0.3 is 20.3 Å². The second-order valence-electron chi connectivity index (χ2n) is 8.29. The normalized spacial score (nSPS) is 14.7. The van der Waals surface area contributed by atoms with E-state index in [2.05, 4.69) is 5.32 Å². The molecule has 9 heteroatoms. The summed E-state index contributed by atoms with van der Waals surface area (Å²) in [6.07, 6.45) is -8.78. The number of rotatable bonds is 7. The van der Waals surface area contributed by atoms with E-state index < -0.39 is 35.9 Å². The maximum Gasteiger partial charge on any atom is 0.419 e. The van der Waals surface area contributed by atoms with Crippen molar-refractivity contribution in [2.45, 2.75) is 30.7 Å². The minimum Gasteiger partial charge on any atom is -0.449 e. The van der Waals surface area contributed by atoms with Gasteiger partial charge in [-0.15, -0.1) is 0 Å². The Morgan fingerprint density at radius 3 is 2.14 bits per heavy atom. The second-order valence-corrected chi connectivity index (χ2v) is 8.29. The monoisotopic (exact) mass is 489 g/mol. The number of hydrogen-bond acceptors (Lipinski definition) is 4. The van der Waals surface area contributed by atoms with Gasteiger partial charge in [-0.2, -0.15) is 13.2 Å². The number of carbonyl (C=O) groups excluding carboxylic acids is 1. The molecule has 0 fully saturated rings. The average Bonchev–Trinajstić information content (AvgIpc) is 3.15. The van der Waals surface area contributed by atoms with Crippen molar-refractivity contribution in [3.63, 3.8) is 0 Å². The molecule has 35 heavy (non-hydrogen) atoms. The molecule has 0 heterocycles. The molecule has 0 radical (unpaired) electrons. The van der Waals surface area contributed by atoms with Gasteiger partial charge in [-0.3, -0.25) is 0 Å². The molecule has 3 aromatic carbocycles. The molecule has 0 saturated heterocycles. The van der Waals surface area contributed by atoms with Crippen LogP contribution in [0.3, 0.4) is 0 Å². The van der Waals surface area contributed by atoms with Crippen LogP contribution in [0.1, 0.15) is 40.7 Å². The fraction of sp³-hybridized carbons (Fsp3) is 0.269. The first kappa shape index (κ1) is 24.7. The Hall–Kier alpha value is -3.43. The molecule has 1 aliphatic carbocycles. The predicted octanol–water partition coefficient (Wildman–Crippen LogP) is 5.17. The maximum absolute atomic E-state index is 13.7. The topological polar surface area (TPSA) is 78.8 Å². The van der Waals surface area contributed by atoms with Gasteiger partial charge in [0.25, 0.3) is 0 Å². The number of nitrogens with one attached hydrogen (secondary N) is 1. The van der Waals surface area contributed by atoms with Gasteiger partial charge >= 0.3 is 12.3 Å². The predicted molar refractivity (Wildman–Crippen MR) is 120 cm³/mol. The van der Waals surface area contributed by atoms with E-state index >= 15 is 0 Å². The molecular weight excluding hydrogens is 466 g/mol. The third-order valence-corrected chi connectivity index (χ3v) is 6.06. The Balaban J connectivity index is 1.28. The lowest BCUT2D eigenvalue weighted by Gasteiger charge is -2.19. The lowest BCUT2D eigenvalue weighted by Crippen LogP contribution is -2.30. The molecule has 184 valence electrons. The number of fused-ring (bicyclic) bond motifs is 3. The number of halogens is 4. The van der Waals surface area contributed by atoms with Gasteiger partial charge in [0.05, 0.1) is 11.7 Å². The third-order valence-electron chi connectivity index (χ3n) is 6.06. The molecule has 0 bridgehead atoms. The van der Waals surface area contributed by atoms with Crippen molar-refractivity contribution in [2.24, 2.45) is 0 Å². The summed E-state index contributed by atoms with van der Waals surface area (Å²) in [6, 6.07) is 17.7. The van der Waals surface area contributed by atoms with E-state index in [9.17, 15) is 32.6 Å². The Morgan fingerprint density at radius 1 is 0.971 bits per heavy atom. The third kappa shape index (κ3) is 5.31. The first-order valence-electron chi connectivity index (χ1n) is 11.0. The highest BCUT2D eigenvalue weighted by molar-refractivity contribution is 5.79. The molecule has 1 amide bonds. The largest absolute Gasteiger partial charge is 0.449 e. The number of benzene rings is 3. The van der Waals surface area contributed by atoms with Gasteiger partial charge in [0.2, 0.25) is 0 Å². The Kier molecular flexibility index (Phi) is 7.09. The number of aliphatic hydroxyl groups excluding tert-OH is 2. The maximum atomic E-state index is 13.7. The van der Waals surface area contributed by atoms with E-state index in [0.29, 0.717) is 12.1 Å². The van der Waals surface area contributed by atoms with Crippen LogP contribution >= 0.6 is 0 Å². The van der Waals surface area contributed by atoms with Crippen LogP contribution in [-0.2, 0) is 10.9 Å². The highest BCUT2D eigenvalue weighted by Crippen LogP contribution is 2.44. The van der Waals surface area contributed by atoms with Crippen LogP contribution in [-0.4, -0.2) is 35.6 Å². The number of carbonyl (C=O) groups is 1. The summed E-state index contributed by atoms with van der Waals surface area (Å²) in [7, 11) is 0. The number of alkyl carbamates (subject to hydrolysis) is 1. The highest BCUT2D eigenvalue weighted by atomic mass is 19.4. The molecule has 3 aromatic rings. The Bertz CT molecular complexity index is 1170. The van der Waals surface area contributed by atoms with Crippen molar-refractivity contribution in [3.05, 3.63) is 94.8 Å². The molecule has 0 saturated carbocycles. The molecule has 0 aliphatic heterocycles.